The standard InChI is InChI=1S/C21H27N3O3.ClH/c1-4-24(21(26)14-23-20(25)13-22)15(2)16-8-10-17(11-9-16)18-6-5-7-19(12-18)27-3;/h5-12,15H,4,13-14,22H2,1-3H3,(H,23,25);1H. The van der Waals surface area contributed by atoms with Gasteiger partial charge in [-0.2, -0.15) is 0 Å². The first-order valence-corrected chi connectivity index (χ1v) is 9.00. The van der Waals surface area contributed by atoms with E-state index in [4.69, 9.17) is 10.5 Å². The summed E-state index contributed by atoms with van der Waals surface area (Å²) in [6.07, 6.45) is 0. The van der Waals surface area contributed by atoms with Crippen LogP contribution >= 0.6 is 12.4 Å². The number of halogens is 1. The Morgan fingerprint density at radius 2 is 1.82 bits per heavy atom. The Labute approximate surface area is 172 Å². The number of rotatable bonds is 8. The molecule has 2 aromatic carbocycles. The van der Waals surface area contributed by atoms with Gasteiger partial charge in [0.2, 0.25) is 11.8 Å². The topological polar surface area (TPSA) is 84.7 Å². The van der Waals surface area contributed by atoms with Crippen LogP contribution in [0.4, 0.5) is 0 Å². The van der Waals surface area contributed by atoms with Crippen molar-refractivity contribution >= 4 is 24.2 Å². The second-order valence-electron chi connectivity index (χ2n) is 6.19. The number of carbonyl (C=O) groups excluding carboxylic acids is 2. The Bertz CT molecular complexity index is 781. The molecule has 6 nitrogen and oxygen atoms in total. The number of nitrogens with zero attached hydrogens (tertiary/aromatic N) is 1. The van der Waals surface area contributed by atoms with Crippen LogP contribution in [0.3, 0.4) is 0 Å². The summed E-state index contributed by atoms with van der Waals surface area (Å²) in [6.45, 7) is 4.28. The Hall–Kier alpha value is -2.57. The molecule has 0 bridgehead atoms. The first kappa shape index (κ1) is 23.5. The molecule has 0 heterocycles. The van der Waals surface area contributed by atoms with Gasteiger partial charge < -0.3 is 20.7 Å². The third kappa shape index (κ3) is 5.97. The van der Waals surface area contributed by atoms with E-state index in [-0.39, 0.29) is 43.4 Å². The van der Waals surface area contributed by atoms with E-state index in [0.29, 0.717) is 6.54 Å². The first-order chi connectivity index (χ1) is 13.0. The molecule has 0 aliphatic heterocycles. The van der Waals surface area contributed by atoms with Crippen LogP contribution in [0.5, 0.6) is 5.75 Å². The van der Waals surface area contributed by atoms with Crippen LogP contribution in [-0.4, -0.2) is 43.5 Å². The van der Waals surface area contributed by atoms with Crippen molar-refractivity contribution in [3.05, 3.63) is 54.1 Å². The predicted molar refractivity (Wildman–Crippen MR) is 114 cm³/mol. The monoisotopic (exact) mass is 405 g/mol. The zero-order chi connectivity index (χ0) is 19.8. The van der Waals surface area contributed by atoms with Crippen molar-refractivity contribution in [1.82, 2.24) is 10.2 Å². The lowest BCUT2D eigenvalue weighted by Crippen LogP contribution is -2.42. The molecule has 2 amide bonds. The minimum atomic E-state index is -0.338. The number of benzene rings is 2. The summed E-state index contributed by atoms with van der Waals surface area (Å²) in [5, 5.41) is 2.53. The molecule has 1 unspecified atom stereocenters. The van der Waals surface area contributed by atoms with E-state index < -0.39 is 0 Å². The Morgan fingerprint density at radius 1 is 1.14 bits per heavy atom. The van der Waals surface area contributed by atoms with Crippen LogP contribution < -0.4 is 15.8 Å². The Morgan fingerprint density at radius 3 is 2.39 bits per heavy atom. The highest BCUT2D eigenvalue weighted by atomic mass is 35.5. The van der Waals surface area contributed by atoms with Crippen LogP contribution in [0.1, 0.15) is 25.5 Å². The molecule has 7 heteroatoms. The number of hydrogen-bond acceptors (Lipinski definition) is 4. The molecule has 0 spiro atoms. The summed E-state index contributed by atoms with van der Waals surface area (Å²) in [5.74, 6) is 0.339. The number of methoxy groups -OCH3 is 1. The first-order valence-electron chi connectivity index (χ1n) is 9.00. The van der Waals surface area contributed by atoms with E-state index in [1.165, 1.54) is 0 Å². The SMILES string of the molecule is CCN(C(=O)CNC(=O)CN)C(C)c1ccc(-c2cccc(OC)c2)cc1.Cl. The van der Waals surface area contributed by atoms with Crippen LogP contribution in [0.25, 0.3) is 11.1 Å². The van der Waals surface area contributed by atoms with E-state index >= 15 is 0 Å². The van der Waals surface area contributed by atoms with Crippen molar-refractivity contribution in [3.8, 4) is 16.9 Å². The van der Waals surface area contributed by atoms with Gasteiger partial charge in [0.05, 0.1) is 26.2 Å². The van der Waals surface area contributed by atoms with Crippen LogP contribution in [0, 0.1) is 0 Å². The molecule has 2 aromatic rings. The molecule has 0 saturated carbocycles. The highest BCUT2D eigenvalue weighted by molar-refractivity contribution is 5.86. The van der Waals surface area contributed by atoms with Crippen molar-refractivity contribution in [3.63, 3.8) is 0 Å². The third-order valence-electron chi connectivity index (χ3n) is 4.55. The number of ether oxygens (including phenoxy) is 1. The lowest BCUT2D eigenvalue weighted by atomic mass is 10.0. The number of nitrogens with two attached hydrogens (primary N) is 1. The van der Waals surface area contributed by atoms with Gasteiger partial charge in [-0.05, 0) is 42.7 Å². The number of hydrogen-bond donors (Lipinski definition) is 2. The molecule has 0 aromatic heterocycles. The third-order valence-corrected chi connectivity index (χ3v) is 4.55. The number of nitrogens with one attached hydrogen (secondary N) is 1. The predicted octanol–water partition coefficient (Wildman–Crippen LogP) is 2.77. The second kappa shape index (κ2) is 11.3. The zero-order valence-corrected chi connectivity index (χ0v) is 17.3. The van der Waals surface area contributed by atoms with Crippen molar-refractivity contribution in [2.75, 3.05) is 26.7 Å². The average molecular weight is 406 g/mol. The van der Waals surface area contributed by atoms with E-state index in [9.17, 15) is 9.59 Å². The maximum Gasteiger partial charge on any atom is 0.242 e. The average Bonchev–Trinajstić information content (AvgIpc) is 2.72. The molecule has 0 fully saturated rings. The van der Waals surface area contributed by atoms with Crippen molar-refractivity contribution in [1.29, 1.82) is 0 Å². The molecule has 0 radical (unpaired) electrons. The summed E-state index contributed by atoms with van der Waals surface area (Å²) in [6, 6.07) is 15.9. The van der Waals surface area contributed by atoms with Gasteiger partial charge in [0.15, 0.2) is 0 Å². The van der Waals surface area contributed by atoms with E-state index in [1.807, 2.05) is 62.4 Å². The molecule has 28 heavy (non-hydrogen) atoms. The van der Waals surface area contributed by atoms with E-state index in [0.717, 1.165) is 22.4 Å². The molecule has 0 saturated heterocycles. The van der Waals surface area contributed by atoms with Gasteiger partial charge in [0, 0.05) is 6.54 Å². The molecule has 3 N–H and O–H groups in total. The summed E-state index contributed by atoms with van der Waals surface area (Å²) in [4.78, 5) is 25.4. The summed E-state index contributed by atoms with van der Waals surface area (Å²) < 4.78 is 5.28. The van der Waals surface area contributed by atoms with Gasteiger partial charge in [0.1, 0.15) is 5.75 Å². The molecule has 2 rings (SSSR count). The Balaban J connectivity index is 0.00000392. The fraction of sp³-hybridized carbons (Fsp3) is 0.333. The van der Waals surface area contributed by atoms with E-state index in [2.05, 4.69) is 5.32 Å². The van der Waals surface area contributed by atoms with Gasteiger partial charge in [-0.3, -0.25) is 9.59 Å². The number of carbonyl (C=O) groups is 2. The highest BCUT2D eigenvalue weighted by Gasteiger charge is 2.20. The van der Waals surface area contributed by atoms with Gasteiger partial charge in [-0.15, -0.1) is 12.4 Å². The maximum absolute atomic E-state index is 12.4. The van der Waals surface area contributed by atoms with E-state index in [1.54, 1.807) is 12.0 Å². The second-order valence-corrected chi connectivity index (χ2v) is 6.19. The largest absolute Gasteiger partial charge is 0.497 e. The van der Waals surface area contributed by atoms with Crippen molar-refractivity contribution < 1.29 is 14.3 Å². The summed E-state index contributed by atoms with van der Waals surface area (Å²) in [5.41, 5.74) is 8.43. The molecular formula is C21H28ClN3O3. The quantitative estimate of drug-likeness (QED) is 0.707. The minimum Gasteiger partial charge on any atom is -0.497 e. The highest BCUT2D eigenvalue weighted by Crippen LogP contribution is 2.27. The Kier molecular flexibility index (Phi) is 9.48. The van der Waals surface area contributed by atoms with Gasteiger partial charge in [0.25, 0.3) is 0 Å². The van der Waals surface area contributed by atoms with Gasteiger partial charge in [-0.1, -0.05) is 36.4 Å². The molecule has 0 aliphatic rings. The lowest BCUT2D eigenvalue weighted by Gasteiger charge is -2.28. The fourth-order valence-electron chi connectivity index (χ4n) is 2.95. The fourth-order valence-corrected chi connectivity index (χ4v) is 2.95. The molecule has 1 atom stereocenters. The maximum atomic E-state index is 12.4. The van der Waals surface area contributed by atoms with Crippen molar-refractivity contribution in [2.45, 2.75) is 19.9 Å². The van der Waals surface area contributed by atoms with Gasteiger partial charge >= 0.3 is 0 Å². The summed E-state index contributed by atoms with van der Waals surface area (Å²) in [7, 11) is 1.65. The van der Waals surface area contributed by atoms with Crippen LogP contribution in [-0.2, 0) is 9.59 Å². The normalized spacial score (nSPS) is 11.1. The van der Waals surface area contributed by atoms with Gasteiger partial charge in [-0.25, -0.2) is 0 Å². The van der Waals surface area contributed by atoms with Crippen LogP contribution in [0.2, 0.25) is 0 Å². The lowest BCUT2D eigenvalue weighted by molar-refractivity contribution is -0.134. The molecular weight excluding hydrogens is 378 g/mol. The number of amides is 2. The smallest absolute Gasteiger partial charge is 0.242 e. The van der Waals surface area contributed by atoms with Crippen molar-refractivity contribution in [2.24, 2.45) is 5.73 Å². The van der Waals surface area contributed by atoms with Crippen LogP contribution in [0.15, 0.2) is 48.5 Å². The molecule has 0 aliphatic carbocycles. The minimum absolute atomic E-state index is 0. The summed E-state index contributed by atoms with van der Waals surface area (Å²) >= 11 is 0. The zero-order valence-electron chi connectivity index (χ0n) is 16.5. The number of likely N-dealkylation sites (N-methyl/N-ethyl adjacent to an activating group) is 1. The molecule has 152 valence electrons.